The van der Waals surface area contributed by atoms with Crippen molar-refractivity contribution < 1.29 is 19.2 Å². The van der Waals surface area contributed by atoms with Crippen molar-refractivity contribution in [2.75, 3.05) is 6.54 Å². The molecule has 3 aromatic rings. The van der Waals surface area contributed by atoms with Crippen LogP contribution in [0, 0.1) is 11.8 Å². The monoisotopic (exact) mass is 505 g/mol. The van der Waals surface area contributed by atoms with Crippen molar-refractivity contribution in [2.24, 2.45) is 11.8 Å². The maximum atomic E-state index is 12.5. The molecular weight excluding hydrogens is 478 g/mol. The second-order valence-corrected chi connectivity index (χ2v) is 10.1. The van der Waals surface area contributed by atoms with Gasteiger partial charge in [-0.2, -0.15) is 0 Å². The normalized spacial score (nSPS) is 19.4. The highest BCUT2D eigenvalue weighted by atomic mass is 32.2. The molecule has 0 radical (unpaired) electrons. The Morgan fingerprint density at radius 1 is 0.972 bits per heavy atom. The number of benzene rings is 2. The van der Waals surface area contributed by atoms with Crippen molar-refractivity contribution in [1.29, 1.82) is 0 Å². The number of amides is 4. The molecule has 1 saturated carbocycles. The molecule has 9 nitrogen and oxygen atoms in total. The van der Waals surface area contributed by atoms with E-state index < -0.39 is 11.8 Å². The van der Waals surface area contributed by atoms with E-state index in [-0.39, 0.29) is 36.6 Å². The smallest absolute Gasteiger partial charge is 0.269 e. The second-order valence-electron chi connectivity index (χ2n) is 9.12. The van der Waals surface area contributed by atoms with Gasteiger partial charge in [0.2, 0.25) is 17.7 Å². The van der Waals surface area contributed by atoms with Crippen molar-refractivity contribution >= 4 is 46.4 Å². The Bertz CT molecular complexity index is 1250. The predicted molar refractivity (Wildman–Crippen MR) is 134 cm³/mol. The van der Waals surface area contributed by atoms with Crippen molar-refractivity contribution in [1.82, 2.24) is 25.7 Å². The SMILES string of the molecule is O=C(CCN1C(=O)[C@@H]2CCCC[C@H]2C1=O)NNC(=O)c1ccc(CSc2nc3ccccc3[nH]2)cc1. The summed E-state index contributed by atoms with van der Waals surface area (Å²) in [5, 5.41) is 0.830. The van der Waals surface area contributed by atoms with Gasteiger partial charge < -0.3 is 4.98 Å². The first-order chi connectivity index (χ1) is 17.5. The highest BCUT2D eigenvalue weighted by Crippen LogP contribution is 2.37. The van der Waals surface area contributed by atoms with Gasteiger partial charge in [-0.25, -0.2) is 4.98 Å². The lowest BCUT2D eigenvalue weighted by Crippen LogP contribution is -2.43. The number of imide groups is 1. The Balaban J connectivity index is 1.06. The van der Waals surface area contributed by atoms with Crippen LogP contribution in [0.3, 0.4) is 0 Å². The van der Waals surface area contributed by atoms with Crippen LogP contribution in [0.25, 0.3) is 11.0 Å². The number of H-pyrrole nitrogens is 1. The molecule has 4 amide bonds. The molecule has 3 N–H and O–H groups in total. The number of fused-ring (bicyclic) bond motifs is 2. The first kappa shape index (κ1) is 24.1. The molecule has 1 aliphatic carbocycles. The van der Waals surface area contributed by atoms with Gasteiger partial charge in [0, 0.05) is 24.3 Å². The number of hydrogen-bond acceptors (Lipinski definition) is 6. The fourth-order valence-corrected chi connectivity index (χ4v) is 5.67. The van der Waals surface area contributed by atoms with Crippen LogP contribution in [0.1, 0.15) is 48.0 Å². The molecule has 1 saturated heterocycles. The Kier molecular flexibility index (Phi) is 7.04. The minimum atomic E-state index is -0.460. The van der Waals surface area contributed by atoms with E-state index in [2.05, 4.69) is 20.8 Å². The van der Waals surface area contributed by atoms with Gasteiger partial charge in [-0.15, -0.1) is 0 Å². The molecule has 36 heavy (non-hydrogen) atoms. The zero-order chi connectivity index (χ0) is 25.1. The number of imidazole rings is 1. The average Bonchev–Trinajstić information content (AvgIpc) is 3.43. The number of likely N-dealkylation sites (tertiary alicyclic amines) is 1. The highest BCUT2D eigenvalue weighted by Gasteiger charge is 2.47. The number of aromatic amines is 1. The van der Waals surface area contributed by atoms with Crippen LogP contribution in [0.15, 0.2) is 53.7 Å². The number of nitrogens with one attached hydrogen (secondary N) is 3. The third-order valence-electron chi connectivity index (χ3n) is 6.77. The number of hydrogen-bond donors (Lipinski definition) is 3. The first-order valence-electron chi connectivity index (χ1n) is 12.1. The maximum absolute atomic E-state index is 12.5. The van der Waals surface area contributed by atoms with Gasteiger partial charge in [-0.05, 0) is 42.7 Å². The van der Waals surface area contributed by atoms with Crippen LogP contribution in [0.4, 0.5) is 0 Å². The van der Waals surface area contributed by atoms with E-state index in [4.69, 9.17) is 0 Å². The van der Waals surface area contributed by atoms with Gasteiger partial charge in [0.15, 0.2) is 5.16 Å². The Hall–Kier alpha value is -3.66. The number of aromatic nitrogens is 2. The van der Waals surface area contributed by atoms with Crippen molar-refractivity contribution in [3.63, 3.8) is 0 Å². The van der Waals surface area contributed by atoms with Crippen LogP contribution in [-0.4, -0.2) is 45.0 Å². The molecule has 0 bridgehead atoms. The van der Waals surface area contributed by atoms with Gasteiger partial charge in [0.05, 0.1) is 22.9 Å². The minimum absolute atomic E-state index is 0.0317. The Morgan fingerprint density at radius 3 is 2.36 bits per heavy atom. The fraction of sp³-hybridized carbons (Fsp3) is 0.346. The summed E-state index contributed by atoms with van der Waals surface area (Å²) in [6, 6.07) is 15.0. The maximum Gasteiger partial charge on any atom is 0.269 e. The molecule has 1 aromatic heterocycles. The molecular formula is C26H27N5O4S. The Morgan fingerprint density at radius 2 is 1.67 bits per heavy atom. The zero-order valence-corrected chi connectivity index (χ0v) is 20.5. The summed E-state index contributed by atoms with van der Waals surface area (Å²) in [4.78, 5) is 58.7. The molecule has 1 aliphatic heterocycles. The molecule has 2 atom stereocenters. The molecule has 2 aliphatic rings. The number of rotatable bonds is 7. The topological polar surface area (TPSA) is 124 Å². The zero-order valence-electron chi connectivity index (χ0n) is 19.7. The third-order valence-corrected chi connectivity index (χ3v) is 7.71. The van der Waals surface area contributed by atoms with Gasteiger partial charge in [-0.3, -0.25) is 34.9 Å². The van der Waals surface area contributed by atoms with Gasteiger partial charge in [0.25, 0.3) is 5.91 Å². The molecule has 5 rings (SSSR count). The van der Waals surface area contributed by atoms with Crippen molar-refractivity contribution in [3.8, 4) is 0 Å². The average molecular weight is 506 g/mol. The van der Waals surface area contributed by atoms with E-state index in [1.54, 1.807) is 23.9 Å². The number of para-hydroxylation sites is 2. The molecule has 2 aromatic carbocycles. The van der Waals surface area contributed by atoms with E-state index in [0.29, 0.717) is 11.3 Å². The van der Waals surface area contributed by atoms with Gasteiger partial charge in [-0.1, -0.05) is 48.9 Å². The van der Waals surface area contributed by atoms with Crippen LogP contribution in [0.2, 0.25) is 0 Å². The quantitative estimate of drug-likeness (QED) is 0.257. The number of carbonyl (C=O) groups excluding carboxylic acids is 4. The summed E-state index contributed by atoms with van der Waals surface area (Å²) in [5.74, 6) is -1.01. The predicted octanol–water partition coefficient (Wildman–Crippen LogP) is 3.18. The molecule has 0 spiro atoms. The molecule has 10 heteroatoms. The number of carbonyl (C=O) groups is 4. The van der Waals surface area contributed by atoms with E-state index >= 15 is 0 Å². The highest BCUT2D eigenvalue weighted by molar-refractivity contribution is 7.98. The fourth-order valence-electron chi connectivity index (χ4n) is 4.83. The lowest BCUT2D eigenvalue weighted by molar-refractivity contribution is -0.140. The number of thioether (sulfide) groups is 1. The third kappa shape index (κ3) is 5.13. The second kappa shape index (κ2) is 10.5. The molecule has 0 unspecified atom stereocenters. The summed E-state index contributed by atoms with van der Waals surface area (Å²) in [7, 11) is 0. The first-order valence-corrected chi connectivity index (χ1v) is 13.1. The summed E-state index contributed by atoms with van der Waals surface area (Å²) < 4.78 is 0. The number of hydrazine groups is 1. The summed E-state index contributed by atoms with van der Waals surface area (Å²) in [6.45, 7) is 0.0317. The molecule has 2 fully saturated rings. The van der Waals surface area contributed by atoms with Crippen LogP contribution in [-0.2, 0) is 20.1 Å². The summed E-state index contributed by atoms with van der Waals surface area (Å²) >= 11 is 1.57. The summed E-state index contributed by atoms with van der Waals surface area (Å²) in [5.41, 5.74) is 8.11. The van der Waals surface area contributed by atoms with E-state index in [1.165, 1.54) is 4.90 Å². The lowest BCUT2D eigenvalue weighted by atomic mass is 9.81. The van der Waals surface area contributed by atoms with E-state index in [0.717, 1.165) is 47.4 Å². The number of nitrogens with zero attached hydrogens (tertiary/aromatic N) is 2. The van der Waals surface area contributed by atoms with Crippen LogP contribution in [0.5, 0.6) is 0 Å². The van der Waals surface area contributed by atoms with Crippen LogP contribution >= 0.6 is 11.8 Å². The largest absolute Gasteiger partial charge is 0.333 e. The standard InChI is InChI=1S/C26H27N5O4S/c32-22(13-14-31-24(34)18-5-1-2-6-19(18)25(31)35)29-30-23(33)17-11-9-16(10-12-17)15-36-26-27-20-7-3-4-8-21(20)28-26/h3-4,7-12,18-19H,1-2,5-6,13-15H2,(H,27,28)(H,29,32)(H,30,33)/t18-,19-/m1/s1. The molecule has 2 heterocycles. The lowest BCUT2D eigenvalue weighted by Gasteiger charge is -2.19. The summed E-state index contributed by atoms with van der Waals surface area (Å²) in [6.07, 6.45) is 3.34. The minimum Gasteiger partial charge on any atom is -0.333 e. The van der Waals surface area contributed by atoms with Crippen molar-refractivity contribution in [2.45, 2.75) is 43.0 Å². The van der Waals surface area contributed by atoms with Gasteiger partial charge >= 0.3 is 0 Å². The van der Waals surface area contributed by atoms with Gasteiger partial charge in [0.1, 0.15) is 0 Å². The van der Waals surface area contributed by atoms with E-state index in [9.17, 15) is 19.2 Å². The Labute approximate surface area is 212 Å². The van der Waals surface area contributed by atoms with Crippen LogP contribution < -0.4 is 10.9 Å². The molecule has 186 valence electrons. The van der Waals surface area contributed by atoms with Crippen molar-refractivity contribution in [3.05, 3.63) is 59.7 Å². The van der Waals surface area contributed by atoms with E-state index in [1.807, 2.05) is 36.4 Å².